The molecule has 0 aliphatic carbocycles. The number of amides is 3. The molecule has 0 aromatic heterocycles. The van der Waals surface area contributed by atoms with Crippen molar-refractivity contribution in [3.63, 3.8) is 0 Å². The van der Waals surface area contributed by atoms with Gasteiger partial charge >= 0.3 is 0 Å². The molecule has 1 N–H and O–H groups in total. The van der Waals surface area contributed by atoms with Crippen molar-refractivity contribution >= 4 is 17.7 Å². The molecule has 3 amide bonds. The predicted molar refractivity (Wildman–Crippen MR) is 134 cm³/mol. The van der Waals surface area contributed by atoms with E-state index in [2.05, 4.69) is 12.2 Å². The van der Waals surface area contributed by atoms with Crippen LogP contribution in [0.25, 0.3) is 0 Å². The molecule has 2 aromatic rings. The first-order chi connectivity index (χ1) is 16.9. The number of nitrogens with zero attached hydrogens (tertiary/aromatic N) is 2. The third kappa shape index (κ3) is 5.10. The van der Waals surface area contributed by atoms with Gasteiger partial charge in [0, 0.05) is 43.6 Å². The minimum absolute atomic E-state index is 0.0192. The number of ether oxygens (including phenoxy) is 1. The summed E-state index contributed by atoms with van der Waals surface area (Å²) in [4.78, 5) is 43.3. The van der Waals surface area contributed by atoms with Crippen LogP contribution in [-0.4, -0.2) is 65.5 Å². The molecule has 2 saturated heterocycles. The van der Waals surface area contributed by atoms with Crippen LogP contribution in [0.1, 0.15) is 65.0 Å². The van der Waals surface area contributed by atoms with E-state index in [4.69, 9.17) is 4.74 Å². The van der Waals surface area contributed by atoms with Crippen LogP contribution in [0.2, 0.25) is 0 Å². The van der Waals surface area contributed by atoms with Crippen LogP contribution in [0, 0.1) is 6.92 Å². The Kier molecular flexibility index (Phi) is 7.55. The largest absolute Gasteiger partial charge is 0.354 e. The van der Waals surface area contributed by atoms with Gasteiger partial charge in [-0.2, -0.15) is 0 Å². The van der Waals surface area contributed by atoms with Crippen molar-refractivity contribution in [2.24, 2.45) is 0 Å². The van der Waals surface area contributed by atoms with Crippen LogP contribution >= 0.6 is 0 Å². The lowest BCUT2D eigenvalue weighted by Gasteiger charge is -2.44. The minimum Gasteiger partial charge on any atom is -0.354 e. The van der Waals surface area contributed by atoms with Crippen LogP contribution in [0.3, 0.4) is 0 Å². The highest BCUT2D eigenvalue weighted by molar-refractivity contribution is 5.99. The third-order valence-corrected chi connectivity index (χ3v) is 7.04. The molecular formula is C28H35N3O4. The zero-order valence-electron chi connectivity index (χ0n) is 20.9. The maximum absolute atomic E-state index is 13.7. The SMILES string of the molecule is CCCNC(=O)C1COC2(CCN(C(=O)c3ccc(CC)cc3)CC2)N1C(=O)c1cccc(C)c1. The summed E-state index contributed by atoms with van der Waals surface area (Å²) < 4.78 is 6.25. The fraction of sp³-hybridized carbons (Fsp3) is 0.464. The van der Waals surface area contributed by atoms with Crippen molar-refractivity contribution in [3.8, 4) is 0 Å². The maximum atomic E-state index is 13.7. The van der Waals surface area contributed by atoms with Gasteiger partial charge in [-0.25, -0.2) is 0 Å². The average Bonchev–Trinajstić information content (AvgIpc) is 3.25. The van der Waals surface area contributed by atoms with E-state index in [0.717, 1.165) is 18.4 Å². The van der Waals surface area contributed by atoms with Gasteiger partial charge in [-0.15, -0.1) is 0 Å². The fourth-order valence-corrected chi connectivity index (χ4v) is 4.97. The molecule has 35 heavy (non-hydrogen) atoms. The summed E-state index contributed by atoms with van der Waals surface area (Å²) in [5.41, 5.74) is 2.47. The third-order valence-electron chi connectivity index (χ3n) is 7.04. The molecule has 1 spiro atoms. The Balaban J connectivity index is 1.55. The second-order valence-corrected chi connectivity index (χ2v) is 9.45. The summed E-state index contributed by atoms with van der Waals surface area (Å²) in [6.07, 6.45) is 2.66. The summed E-state index contributed by atoms with van der Waals surface area (Å²) in [6, 6.07) is 14.4. The van der Waals surface area contributed by atoms with Crippen LogP contribution < -0.4 is 5.32 Å². The molecule has 1 unspecified atom stereocenters. The number of piperidine rings is 1. The summed E-state index contributed by atoms with van der Waals surface area (Å²) >= 11 is 0. The zero-order valence-corrected chi connectivity index (χ0v) is 20.9. The summed E-state index contributed by atoms with van der Waals surface area (Å²) in [5.74, 6) is -0.425. The quantitative estimate of drug-likeness (QED) is 0.690. The zero-order chi connectivity index (χ0) is 25.0. The van der Waals surface area contributed by atoms with Gasteiger partial charge in [0.15, 0.2) is 0 Å². The molecule has 0 saturated carbocycles. The van der Waals surface area contributed by atoms with Gasteiger partial charge in [0.1, 0.15) is 11.8 Å². The van der Waals surface area contributed by atoms with Gasteiger partial charge in [-0.05, 0) is 49.6 Å². The van der Waals surface area contributed by atoms with E-state index in [0.29, 0.717) is 43.6 Å². The van der Waals surface area contributed by atoms with Gasteiger partial charge in [-0.3, -0.25) is 19.3 Å². The average molecular weight is 478 g/mol. The Morgan fingerprint density at radius 2 is 1.71 bits per heavy atom. The van der Waals surface area contributed by atoms with Crippen molar-refractivity contribution in [2.75, 3.05) is 26.2 Å². The first-order valence-electron chi connectivity index (χ1n) is 12.6. The second-order valence-electron chi connectivity index (χ2n) is 9.45. The van der Waals surface area contributed by atoms with Crippen molar-refractivity contribution in [1.29, 1.82) is 0 Å². The number of rotatable bonds is 6. The Labute approximate surface area is 207 Å². The van der Waals surface area contributed by atoms with E-state index in [1.165, 1.54) is 5.56 Å². The highest BCUT2D eigenvalue weighted by Gasteiger charge is 2.54. The van der Waals surface area contributed by atoms with Crippen LogP contribution in [0.15, 0.2) is 48.5 Å². The van der Waals surface area contributed by atoms with Gasteiger partial charge in [-0.1, -0.05) is 43.7 Å². The summed E-state index contributed by atoms with van der Waals surface area (Å²) in [6.45, 7) is 7.63. The molecule has 7 heteroatoms. The number of aryl methyl sites for hydroxylation is 2. The molecule has 1 atom stereocenters. The van der Waals surface area contributed by atoms with E-state index in [1.54, 1.807) is 11.0 Å². The topological polar surface area (TPSA) is 79.0 Å². The number of hydrogen-bond donors (Lipinski definition) is 1. The molecular weight excluding hydrogens is 442 g/mol. The van der Waals surface area contributed by atoms with Gasteiger partial charge < -0.3 is 15.0 Å². The Morgan fingerprint density at radius 3 is 2.34 bits per heavy atom. The van der Waals surface area contributed by atoms with Crippen molar-refractivity contribution in [1.82, 2.24) is 15.1 Å². The normalized spacial score (nSPS) is 19.1. The fourth-order valence-electron chi connectivity index (χ4n) is 4.97. The number of carbonyl (C=O) groups is 3. The van der Waals surface area contributed by atoms with Crippen molar-refractivity contribution < 1.29 is 19.1 Å². The predicted octanol–water partition coefficient (Wildman–Crippen LogP) is 3.56. The van der Waals surface area contributed by atoms with Gasteiger partial charge in [0.25, 0.3) is 11.8 Å². The molecule has 2 aliphatic rings. The Bertz CT molecular complexity index is 1070. The molecule has 2 aromatic carbocycles. The van der Waals surface area contributed by atoms with Gasteiger partial charge in [0.2, 0.25) is 5.91 Å². The second kappa shape index (κ2) is 10.6. The van der Waals surface area contributed by atoms with Crippen molar-refractivity contribution in [2.45, 2.75) is 58.2 Å². The highest BCUT2D eigenvalue weighted by atomic mass is 16.5. The Hall–Kier alpha value is -3.19. The number of likely N-dealkylation sites (tertiary alicyclic amines) is 1. The monoisotopic (exact) mass is 477 g/mol. The molecule has 2 heterocycles. The molecule has 0 bridgehead atoms. The number of nitrogens with one attached hydrogen (secondary N) is 1. The van der Waals surface area contributed by atoms with Crippen molar-refractivity contribution in [3.05, 3.63) is 70.8 Å². The number of carbonyl (C=O) groups excluding carboxylic acids is 3. The van der Waals surface area contributed by atoms with Crippen LogP contribution in [-0.2, 0) is 16.0 Å². The standard InChI is InChI=1S/C28H35N3O4/c1-4-15-29-25(32)24-19-35-28(31(24)27(34)23-8-6-7-20(3)18-23)13-16-30(17-14-28)26(33)22-11-9-21(5-2)10-12-22/h6-12,18,24H,4-5,13-17,19H2,1-3H3,(H,29,32). The summed E-state index contributed by atoms with van der Waals surface area (Å²) in [7, 11) is 0. The lowest BCUT2D eigenvalue weighted by atomic mass is 9.95. The minimum atomic E-state index is -0.905. The molecule has 7 nitrogen and oxygen atoms in total. The molecule has 4 rings (SSSR count). The Morgan fingerprint density at radius 1 is 1.00 bits per heavy atom. The first-order valence-corrected chi connectivity index (χ1v) is 12.6. The van der Waals surface area contributed by atoms with E-state index in [9.17, 15) is 14.4 Å². The number of benzene rings is 2. The first kappa shape index (κ1) is 24.9. The number of hydrogen-bond acceptors (Lipinski definition) is 4. The summed E-state index contributed by atoms with van der Waals surface area (Å²) in [5, 5.41) is 2.92. The molecule has 2 aliphatic heterocycles. The lowest BCUT2D eigenvalue weighted by Crippen LogP contribution is -2.59. The van der Waals surface area contributed by atoms with Crippen LogP contribution in [0.5, 0.6) is 0 Å². The van der Waals surface area contributed by atoms with Crippen LogP contribution in [0.4, 0.5) is 0 Å². The van der Waals surface area contributed by atoms with Gasteiger partial charge in [0.05, 0.1) is 6.61 Å². The van der Waals surface area contributed by atoms with E-state index >= 15 is 0 Å². The smallest absolute Gasteiger partial charge is 0.256 e. The van der Waals surface area contributed by atoms with E-state index in [1.807, 2.05) is 61.2 Å². The molecule has 2 fully saturated rings. The lowest BCUT2D eigenvalue weighted by molar-refractivity contribution is -0.128. The van der Waals surface area contributed by atoms with E-state index in [-0.39, 0.29) is 24.3 Å². The van der Waals surface area contributed by atoms with E-state index < -0.39 is 11.8 Å². The molecule has 0 radical (unpaired) electrons. The maximum Gasteiger partial charge on any atom is 0.256 e. The highest BCUT2D eigenvalue weighted by Crippen LogP contribution is 2.39. The molecule has 186 valence electrons.